The van der Waals surface area contributed by atoms with Gasteiger partial charge in [0.1, 0.15) is 5.82 Å². The van der Waals surface area contributed by atoms with E-state index in [1.807, 2.05) is 20.8 Å². The Kier molecular flexibility index (Phi) is 3.43. The van der Waals surface area contributed by atoms with E-state index < -0.39 is 11.3 Å². The largest absolute Gasteiger partial charge is 0.296 e. The van der Waals surface area contributed by atoms with Crippen LogP contribution in [-0.4, -0.2) is 11.8 Å². The highest BCUT2D eigenvalue weighted by atomic mass is 19.1. The van der Waals surface area contributed by atoms with E-state index >= 15 is 0 Å². The standard InChI is InChI=1S/C15H18FNO2/c1-9(2)15(3)8-12(18)17-14(19)13(15)10-5-4-6-11(16)7-10/h4-7,9,13H,8H2,1-3H3,(H,17,18,19). The molecule has 4 heteroatoms. The molecule has 0 aliphatic carbocycles. The van der Waals surface area contributed by atoms with Crippen LogP contribution >= 0.6 is 0 Å². The molecule has 1 N–H and O–H groups in total. The molecule has 0 spiro atoms. The predicted molar refractivity (Wildman–Crippen MR) is 69.9 cm³/mol. The number of piperidine rings is 1. The number of hydrogen-bond acceptors (Lipinski definition) is 2. The van der Waals surface area contributed by atoms with Crippen molar-refractivity contribution in [1.82, 2.24) is 5.32 Å². The summed E-state index contributed by atoms with van der Waals surface area (Å²) in [6.07, 6.45) is 0.275. The molecule has 2 atom stereocenters. The lowest BCUT2D eigenvalue weighted by molar-refractivity contribution is -0.141. The number of carbonyl (C=O) groups excluding carboxylic acids is 2. The van der Waals surface area contributed by atoms with Gasteiger partial charge in [0.25, 0.3) is 0 Å². The van der Waals surface area contributed by atoms with Crippen molar-refractivity contribution in [3.8, 4) is 0 Å². The minimum Gasteiger partial charge on any atom is -0.296 e. The summed E-state index contributed by atoms with van der Waals surface area (Å²) in [6, 6.07) is 6.06. The third kappa shape index (κ3) is 2.39. The summed E-state index contributed by atoms with van der Waals surface area (Å²) in [7, 11) is 0. The van der Waals surface area contributed by atoms with Crippen LogP contribution in [0.4, 0.5) is 4.39 Å². The summed E-state index contributed by atoms with van der Waals surface area (Å²) in [4.78, 5) is 23.8. The SMILES string of the molecule is CC(C)C1(C)CC(=O)NC(=O)C1c1cccc(F)c1. The third-order valence-electron chi connectivity index (χ3n) is 4.23. The van der Waals surface area contributed by atoms with E-state index in [9.17, 15) is 14.0 Å². The molecule has 1 aromatic rings. The molecule has 1 fully saturated rings. The Balaban J connectivity index is 2.50. The van der Waals surface area contributed by atoms with E-state index in [0.29, 0.717) is 5.56 Å². The molecular formula is C15H18FNO2. The number of carbonyl (C=O) groups is 2. The Morgan fingerprint density at radius 2 is 2.05 bits per heavy atom. The summed E-state index contributed by atoms with van der Waals surface area (Å²) < 4.78 is 13.4. The maximum absolute atomic E-state index is 13.4. The first kappa shape index (κ1) is 13.7. The van der Waals surface area contributed by atoms with E-state index in [1.54, 1.807) is 12.1 Å². The molecule has 1 aliphatic heterocycles. The average Bonchev–Trinajstić information content (AvgIpc) is 2.27. The normalized spacial score (nSPS) is 27.5. The Hall–Kier alpha value is -1.71. The first-order valence-electron chi connectivity index (χ1n) is 6.44. The molecule has 2 amide bonds. The quantitative estimate of drug-likeness (QED) is 0.834. The maximum atomic E-state index is 13.4. The highest BCUT2D eigenvalue weighted by molar-refractivity contribution is 6.02. The molecule has 1 heterocycles. The van der Waals surface area contributed by atoms with Gasteiger partial charge in [0, 0.05) is 6.42 Å². The number of hydrogen-bond donors (Lipinski definition) is 1. The first-order chi connectivity index (χ1) is 8.84. The van der Waals surface area contributed by atoms with Gasteiger partial charge in [-0.1, -0.05) is 32.9 Å². The zero-order valence-corrected chi connectivity index (χ0v) is 11.4. The molecular weight excluding hydrogens is 245 g/mol. The molecule has 0 saturated carbocycles. The van der Waals surface area contributed by atoms with Gasteiger partial charge in [0.15, 0.2) is 0 Å². The van der Waals surface area contributed by atoms with Crippen molar-refractivity contribution in [3.63, 3.8) is 0 Å². The number of rotatable bonds is 2. The monoisotopic (exact) mass is 263 g/mol. The molecule has 1 aliphatic rings. The number of imide groups is 1. The third-order valence-corrected chi connectivity index (χ3v) is 4.23. The van der Waals surface area contributed by atoms with Crippen molar-refractivity contribution in [2.75, 3.05) is 0 Å². The molecule has 0 radical (unpaired) electrons. The number of benzene rings is 1. The summed E-state index contributed by atoms with van der Waals surface area (Å²) in [5.74, 6) is -1.32. The van der Waals surface area contributed by atoms with Crippen LogP contribution in [0.25, 0.3) is 0 Å². The lowest BCUT2D eigenvalue weighted by Crippen LogP contribution is -2.51. The van der Waals surface area contributed by atoms with Crippen molar-refractivity contribution in [3.05, 3.63) is 35.6 Å². The molecule has 102 valence electrons. The maximum Gasteiger partial charge on any atom is 0.234 e. The molecule has 0 bridgehead atoms. The van der Waals surface area contributed by atoms with Gasteiger partial charge in [-0.3, -0.25) is 14.9 Å². The molecule has 2 rings (SSSR count). The Morgan fingerprint density at radius 3 is 2.63 bits per heavy atom. The average molecular weight is 263 g/mol. The predicted octanol–water partition coefficient (Wildman–Crippen LogP) is 2.62. The van der Waals surface area contributed by atoms with Crippen LogP contribution in [0.3, 0.4) is 0 Å². The van der Waals surface area contributed by atoms with E-state index in [0.717, 1.165) is 0 Å². The van der Waals surface area contributed by atoms with Gasteiger partial charge in [-0.15, -0.1) is 0 Å². The van der Waals surface area contributed by atoms with E-state index in [4.69, 9.17) is 0 Å². The summed E-state index contributed by atoms with van der Waals surface area (Å²) in [5.41, 5.74) is 0.133. The minimum absolute atomic E-state index is 0.135. The summed E-state index contributed by atoms with van der Waals surface area (Å²) in [6.45, 7) is 5.89. The van der Waals surface area contributed by atoms with Crippen molar-refractivity contribution in [2.45, 2.75) is 33.1 Å². The van der Waals surface area contributed by atoms with E-state index in [-0.39, 0.29) is 30.0 Å². The van der Waals surface area contributed by atoms with Crippen LogP contribution < -0.4 is 5.32 Å². The molecule has 19 heavy (non-hydrogen) atoms. The first-order valence-corrected chi connectivity index (χ1v) is 6.44. The zero-order chi connectivity index (χ0) is 14.2. The van der Waals surface area contributed by atoms with Gasteiger partial charge in [-0.2, -0.15) is 0 Å². The fourth-order valence-corrected chi connectivity index (χ4v) is 2.76. The molecule has 1 saturated heterocycles. The van der Waals surface area contributed by atoms with Crippen LogP contribution in [0.5, 0.6) is 0 Å². The lowest BCUT2D eigenvalue weighted by Gasteiger charge is -2.43. The molecule has 2 unspecified atom stereocenters. The second kappa shape index (κ2) is 4.76. The van der Waals surface area contributed by atoms with Gasteiger partial charge < -0.3 is 0 Å². The fourth-order valence-electron chi connectivity index (χ4n) is 2.76. The molecule has 1 aromatic carbocycles. The molecule has 3 nitrogen and oxygen atoms in total. The number of amides is 2. The van der Waals surface area contributed by atoms with Crippen LogP contribution in [0, 0.1) is 17.2 Å². The minimum atomic E-state index is -0.499. The van der Waals surface area contributed by atoms with Crippen LogP contribution in [-0.2, 0) is 9.59 Å². The van der Waals surface area contributed by atoms with Gasteiger partial charge in [-0.25, -0.2) is 4.39 Å². The van der Waals surface area contributed by atoms with Gasteiger partial charge in [0.05, 0.1) is 5.92 Å². The molecule has 0 aromatic heterocycles. The van der Waals surface area contributed by atoms with Crippen molar-refractivity contribution in [2.24, 2.45) is 11.3 Å². The van der Waals surface area contributed by atoms with Gasteiger partial charge in [0.2, 0.25) is 11.8 Å². The van der Waals surface area contributed by atoms with E-state index in [1.165, 1.54) is 12.1 Å². The highest BCUT2D eigenvalue weighted by Crippen LogP contribution is 2.46. The van der Waals surface area contributed by atoms with Crippen LogP contribution in [0.2, 0.25) is 0 Å². The number of nitrogens with one attached hydrogen (secondary N) is 1. The number of halogens is 1. The summed E-state index contributed by atoms with van der Waals surface area (Å²) in [5, 5.41) is 2.36. The van der Waals surface area contributed by atoms with Crippen LogP contribution in [0.15, 0.2) is 24.3 Å². The second-order valence-corrected chi connectivity index (χ2v) is 5.74. The second-order valence-electron chi connectivity index (χ2n) is 5.74. The van der Waals surface area contributed by atoms with Crippen molar-refractivity contribution in [1.29, 1.82) is 0 Å². The van der Waals surface area contributed by atoms with Gasteiger partial charge in [-0.05, 0) is 29.0 Å². The smallest absolute Gasteiger partial charge is 0.234 e. The fraction of sp³-hybridized carbons (Fsp3) is 0.467. The van der Waals surface area contributed by atoms with E-state index in [2.05, 4.69) is 5.32 Å². The Morgan fingerprint density at radius 1 is 1.37 bits per heavy atom. The summed E-state index contributed by atoms with van der Waals surface area (Å²) >= 11 is 0. The van der Waals surface area contributed by atoms with Crippen molar-refractivity contribution >= 4 is 11.8 Å². The van der Waals surface area contributed by atoms with Crippen molar-refractivity contribution < 1.29 is 14.0 Å². The zero-order valence-electron chi connectivity index (χ0n) is 11.4. The Bertz CT molecular complexity index is 527. The topological polar surface area (TPSA) is 46.2 Å². The lowest BCUT2D eigenvalue weighted by atomic mass is 9.62. The van der Waals surface area contributed by atoms with Gasteiger partial charge >= 0.3 is 0 Å². The highest BCUT2D eigenvalue weighted by Gasteiger charge is 2.47. The Labute approximate surface area is 112 Å². The van der Waals surface area contributed by atoms with Crippen LogP contribution in [0.1, 0.15) is 38.7 Å².